The van der Waals surface area contributed by atoms with Crippen molar-refractivity contribution in [2.75, 3.05) is 16.0 Å². The van der Waals surface area contributed by atoms with Crippen molar-refractivity contribution in [1.82, 2.24) is 49.5 Å². The van der Waals surface area contributed by atoms with Crippen molar-refractivity contribution in [1.29, 1.82) is 0 Å². The number of pyridine rings is 6. The van der Waals surface area contributed by atoms with Crippen molar-refractivity contribution >= 4 is 128 Å². The topological polar surface area (TPSA) is 369 Å². The normalized spacial score (nSPS) is 11.3. The van der Waals surface area contributed by atoms with E-state index in [1.54, 1.807) is 119 Å². The number of benzene rings is 5. The Labute approximate surface area is 750 Å². The highest BCUT2D eigenvalue weighted by atomic mass is 35.5. The Morgan fingerprint density at radius 1 is 0.405 bits per heavy atom. The van der Waals surface area contributed by atoms with Gasteiger partial charge in [-0.15, -0.1) is 0 Å². The number of carboxylic acids is 2. The zero-order valence-electron chi connectivity index (χ0n) is 69.6. The Morgan fingerprint density at radius 3 is 1.06 bits per heavy atom. The number of carboxylic acid groups (broad SMARTS) is 2. The molecule has 0 aliphatic rings. The third kappa shape index (κ3) is 33.4. The van der Waals surface area contributed by atoms with Gasteiger partial charge < -0.3 is 31.9 Å². The van der Waals surface area contributed by atoms with E-state index < -0.39 is 41.2 Å². The van der Waals surface area contributed by atoms with E-state index in [1.807, 2.05) is 97.7 Å². The summed E-state index contributed by atoms with van der Waals surface area (Å²) in [6, 6.07) is 54.7. The number of aryl methyl sites for hydroxylation is 3. The van der Waals surface area contributed by atoms with Crippen LogP contribution in [0.5, 0.6) is 0 Å². The summed E-state index contributed by atoms with van der Waals surface area (Å²) < 4.78 is 42.2. The average molecular weight is 1810 g/mol. The Kier molecular flexibility index (Phi) is 39.4. The molecule has 0 radical (unpaired) electrons. The van der Waals surface area contributed by atoms with Crippen molar-refractivity contribution in [3.63, 3.8) is 0 Å². The predicted molar refractivity (Wildman–Crippen MR) is 480 cm³/mol. The van der Waals surface area contributed by atoms with Crippen LogP contribution >= 0.6 is 58.0 Å². The van der Waals surface area contributed by atoms with Crippen LogP contribution in [0, 0.1) is 31.3 Å². The minimum Gasteiger partial charge on any atom is -0.481 e. The lowest BCUT2D eigenvalue weighted by atomic mass is 9.95. The maximum atomic E-state index is 13.0. The number of rotatable bonds is 24. The summed E-state index contributed by atoms with van der Waals surface area (Å²) in [7, 11) is 0. The molecule has 0 fully saturated rings. The number of hydrogen-bond acceptors (Lipinski definition) is 18. The summed E-state index contributed by atoms with van der Waals surface area (Å²) in [5.74, 6) is -4.11. The van der Waals surface area contributed by atoms with Crippen molar-refractivity contribution < 1.29 is 66.5 Å². The highest BCUT2D eigenvalue weighted by molar-refractivity contribution is 6.31. The van der Waals surface area contributed by atoms with Gasteiger partial charge >= 0.3 is 11.9 Å². The first-order chi connectivity index (χ1) is 59.9. The van der Waals surface area contributed by atoms with Crippen LogP contribution < -0.4 is 21.7 Å². The second kappa shape index (κ2) is 49.8. The van der Waals surface area contributed by atoms with Gasteiger partial charge in [-0.05, 0) is 239 Å². The van der Waals surface area contributed by atoms with Crippen LogP contribution in [0.4, 0.5) is 30.6 Å². The average Bonchev–Trinajstić information content (AvgIpc) is 1.68. The van der Waals surface area contributed by atoms with E-state index in [9.17, 15) is 56.3 Å². The standard InChI is InChI=1S/C27H24ClFN4O2.C16H15FN2O2.C15H13FN2O3.C11H12ClN3.C9H10ClNO.C8H8ClNO.C7H6ClNO2/c1-17-14-24(33(32-17)23-5-3-4-21(28)15-23)11-12-25(34)18(2)20-8-13-26(30-16-20)31-27(35)19-6-9-22(29)10-7-19;1-10(11(2)20)13-5-8-15(18-9-13)19-16(21)12-3-6-14(17)7-4-12;1-9(15(20)21)11-4-7-13(17-8-11)18-14(19)10-2-5-12(16)6-3-10;1-8-5-11(7-13)15(14-8)10-4-2-3-9(12)6-10;1-6(7(2)12)8-3-4-9(10)11-5-8;1-6(11)4-7-2-3-8(9)10-5-7;8-6-2-1-5(4-9-6)3-7(10)11/h3-10,13-16,18H,11-12H2,1-2H3,(H,30,31,35);3-10H,1-2H3,(H,18,19,21);2-9H,1H3,(H,20,21)(H,17,18,19);2-6H,7,13H2,1H3;3-6H,1-2H3;2-3,5H,4H2,1H3;1-2,4H,3H2,(H,10,11). The van der Waals surface area contributed by atoms with Crippen molar-refractivity contribution in [2.24, 2.45) is 5.73 Å². The molecule has 13 rings (SSSR count). The number of carbonyl (C=O) groups excluding carboxylic acids is 7. The number of hydrogen-bond donors (Lipinski definition) is 6. The van der Waals surface area contributed by atoms with Crippen LogP contribution in [0.3, 0.4) is 0 Å². The molecule has 25 nitrogen and oxygen atoms in total. The largest absolute Gasteiger partial charge is 0.481 e. The number of anilines is 3. The van der Waals surface area contributed by atoms with Gasteiger partial charge in [-0.3, -0.25) is 43.2 Å². The Morgan fingerprint density at radius 2 is 0.746 bits per heavy atom. The summed E-state index contributed by atoms with van der Waals surface area (Å²) >= 11 is 28.7. The maximum Gasteiger partial charge on any atom is 0.310 e. The number of nitrogens with one attached hydrogen (secondary N) is 3. The quantitative estimate of drug-likeness (QED) is 0.0306. The molecule has 4 unspecified atom stereocenters. The molecule has 13 aromatic rings. The summed E-state index contributed by atoms with van der Waals surface area (Å²) in [6.07, 6.45) is 10.6. The first-order valence-corrected chi connectivity index (χ1v) is 40.5. The van der Waals surface area contributed by atoms with Crippen LogP contribution in [-0.2, 0) is 54.6 Å². The Balaban J connectivity index is 0.000000211. The Hall–Kier alpha value is -13.4. The highest BCUT2D eigenvalue weighted by Gasteiger charge is 2.21. The van der Waals surface area contributed by atoms with Crippen molar-refractivity contribution in [2.45, 2.75) is 118 Å². The molecular weight excluding hydrogens is 1720 g/mol. The molecule has 33 heteroatoms. The molecule has 0 bridgehead atoms. The lowest BCUT2D eigenvalue weighted by molar-refractivity contribution is -0.138. The Bertz CT molecular complexity index is 5650. The molecule has 652 valence electrons. The lowest BCUT2D eigenvalue weighted by Gasteiger charge is -2.12. The van der Waals surface area contributed by atoms with E-state index in [2.05, 4.69) is 56.1 Å². The number of aromatic nitrogens is 10. The fourth-order valence-electron chi connectivity index (χ4n) is 11.1. The lowest BCUT2D eigenvalue weighted by Crippen LogP contribution is -2.14. The van der Waals surface area contributed by atoms with Gasteiger partial charge in [0, 0.05) is 107 Å². The molecule has 3 amide bonds. The minimum absolute atomic E-state index is 0.00975. The monoisotopic (exact) mass is 1810 g/mol. The van der Waals surface area contributed by atoms with E-state index in [-0.39, 0.29) is 59.1 Å². The van der Waals surface area contributed by atoms with Crippen molar-refractivity contribution in [3.8, 4) is 11.4 Å². The zero-order valence-corrected chi connectivity index (χ0v) is 73.4. The van der Waals surface area contributed by atoms with E-state index in [0.29, 0.717) is 96.6 Å². The van der Waals surface area contributed by atoms with Crippen LogP contribution in [0.15, 0.2) is 243 Å². The smallest absolute Gasteiger partial charge is 0.310 e. The zero-order chi connectivity index (χ0) is 92.3. The fourth-order valence-corrected chi connectivity index (χ4v) is 11.8. The first-order valence-electron chi connectivity index (χ1n) is 38.6. The van der Waals surface area contributed by atoms with Gasteiger partial charge in [-0.2, -0.15) is 10.2 Å². The molecule has 0 aliphatic carbocycles. The van der Waals surface area contributed by atoms with Gasteiger partial charge in [0.1, 0.15) is 73.5 Å². The second-order valence-corrected chi connectivity index (χ2v) is 30.1. The van der Waals surface area contributed by atoms with Gasteiger partial charge in [0.05, 0.1) is 40.8 Å². The van der Waals surface area contributed by atoms with E-state index in [4.69, 9.17) is 74.0 Å². The van der Waals surface area contributed by atoms with Crippen LogP contribution in [-0.4, -0.2) is 112 Å². The van der Waals surface area contributed by atoms with E-state index in [1.165, 1.54) is 98.2 Å². The number of carbonyl (C=O) groups is 9. The third-order valence-electron chi connectivity index (χ3n) is 18.4. The molecule has 0 saturated heterocycles. The summed E-state index contributed by atoms with van der Waals surface area (Å²) in [5.41, 5.74) is 16.7. The summed E-state index contributed by atoms with van der Waals surface area (Å²) in [4.78, 5) is 127. The van der Waals surface area contributed by atoms with Gasteiger partial charge in [0.15, 0.2) is 0 Å². The molecule has 5 aromatic carbocycles. The molecule has 8 heterocycles. The maximum absolute atomic E-state index is 13.0. The van der Waals surface area contributed by atoms with Gasteiger partial charge in [-0.25, -0.2) is 52.4 Å². The van der Waals surface area contributed by atoms with E-state index >= 15 is 0 Å². The van der Waals surface area contributed by atoms with Gasteiger partial charge in [0.25, 0.3) is 17.7 Å². The first kappa shape index (κ1) is 99.8. The van der Waals surface area contributed by atoms with E-state index in [0.717, 1.165) is 56.4 Å². The minimum atomic E-state index is -0.945. The molecule has 7 N–H and O–H groups in total. The number of nitrogens with two attached hydrogens (primary N) is 1. The number of Topliss-reactive ketones (excluding diaryl/α,β-unsaturated/α-hetero) is 4. The number of nitrogens with zero attached hydrogens (tertiary/aromatic N) is 10. The van der Waals surface area contributed by atoms with Crippen LogP contribution in [0.1, 0.15) is 166 Å². The molecule has 0 spiro atoms. The van der Waals surface area contributed by atoms with Crippen LogP contribution in [0.2, 0.25) is 25.5 Å². The number of aliphatic carboxylic acids is 2. The predicted octanol–water partition coefficient (Wildman–Crippen LogP) is 19.7. The summed E-state index contributed by atoms with van der Waals surface area (Å²) in [6.45, 7) is 16.0. The summed E-state index contributed by atoms with van der Waals surface area (Å²) in [5, 5.41) is 36.6. The molecular formula is C93H88Cl5F3N14O11. The molecule has 4 atom stereocenters. The van der Waals surface area contributed by atoms with Gasteiger partial charge in [0.2, 0.25) is 0 Å². The molecule has 0 aliphatic heterocycles. The molecule has 126 heavy (non-hydrogen) atoms. The molecule has 8 aromatic heterocycles. The van der Waals surface area contributed by atoms with Crippen molar-refractivity contribution in [3.05, 3.63) is 359 Å². The van der Waals surface area contributed by atoms with Crippen LogP contribution in [0.25, 0.3) is 11.4 Å². The SMILES string of the molecule is CC(=O)C(C)c1ccc(Cl)nc1.CC(=O)C(C)c1ccc(NC(=O)c2ccc(F)cc2)nc1.CC(=O)Cc1ccc(Cl)nc1.CC(C(=O)O)c1ccc(NC(=O)c2ccc(F)cc2)nc1.Cc1cc(CCC(=O)C(C)c2ccc(NC(=O)c3ccc(F)cc3)nc2)n(-c2cccc(Cl)c2)n1.Cc1cc(CN)n(-c2cccc(Cl)c2)n1.O=C(O)Cc1ccc(Cl)nc1. The number of amides is 3. The number of halogens is 8. The second-order valence-electron chi connectivity index (χ2n) is 28.1. The molecule has 0 saturated carbocycles. The fraction of sp³-hybridized carbons (Fsp3) is 0.194. The van der Waals surface area contributed by atoms with Gasteiger partial charge in [-0.1, -0.05) is 127 Å². The third-order valence-corrected chi connectivity index (χ3v) is 19.5. The highest BCUT2D eigenvalue weighted by Crippen LogP contribution is 2.26. The number of ketones is 4.